The van der Waals surface area contributed by atoms with Gasteiger partial charge < -0.3 is 10.2 Å². The summed E-state index contributed by atoms with van der Waals surface area (Å²) in [7, 11) is 0. The van der Waals surface area contributed by atoms with Crippen molar-refractivity contribution in [1.29, 1.82) is 0 Å². The smallest absolute Gasteiger partial charge is 0.00943 e. The minimum Gasteiger partial charge on any atom is -0.316 e. The Hall–Kier alpha value is -0.0800. The van der Waals surface area contributed by atoms with Gasteiger partial charge in [-0.15, -0.1) is 0 Å². The monoisotopic (exact) mass is 182 g/mol. The van der Waals surface area contributed by atoms with Crippen LogP contribution in [0.5, 0.6) is 0 Å². The summed E-state index contributed by atoms with van der Waals surface area (Å²) in [4.78, 5) is 2.62. The van der Waals surface area contributed by atoms with Gasteiger partial charge in [0, 0.05) is 25.0 Å². The molecule has 2 rings (SSSR count). The van der Waals surface area contributed by atoms with Crippen molar-refractivity contribution in [2.24, 2.45) is 11.3 Å². The van der Waals surface area contributed by atoms with Gasteiger partial charge in [-0.1, -0.05) is 13.8 Å². The molecule has 1 spiro atoms. The number of hydrogen-bond donors (Lipinski definition) is 1. The Balaban J connectivity index is 1.66. The van der Waals surface area contributed by atoms with Crippen LogP contribution in [0.3, 0.4) is 0 Å². The van der Waals surface area contributed by atoms with Gasteiger partial charge in [0.2, 0.25) is 0 Å². The third-order valence-corrected chi connectivity index (χ3v) is 3.47. The molecule has 2 fully saturated rings. The molecule has 0 aliphatic carbocycles. The second kappa shape index (κ2) is 3.58. The largest absolute Gasteiger partial charge is 0.316 e. The number of nitrogens with zero attached hydrogens (tertiary/aromatic N) is 1. The Kier molecular flexibility index (Phi) is 2.61. The van der Waals surface area contributed by atoms with Gasteiger partial charge in [0.05, 0.1) is 0 Å². The first-order chi connectivity index (χ1) is 6.20. The maximum absolute atomic E-state index is 3.47. The van der Waals surface area contributed by atoms with E-state index >= 15 is 0 Å². The molecule has 2 aliphatic rings. The zero-order chi connectivity index (χ0) is 9.31. The molecular formula is C11H22N2. The van der Waals surface area contributed by atoms with Gasteiger partial charge in [0.15, 0.2) is 0 Å². The Bertz CT molecular complexity index is 163. The minimum absolute atomic E-state index is 0.691. The molecule has 76 valence electrons. The van der Waals surface area contributed by atoms with E-state index in [0.717, 1.165) is 5.92 Å². The normalized spacial score (nSPS) is 27.0. The zero-order valence-corrected chi connectivity index (χ0v) is 8.97. The third-order valence-electron chi connectivity index (χ3n) is 3.47. The minimum atomic E-state index is 0.691. The van der Waals surface area contributed by atoms with Crippen molar-refractivity contribution in [3.63, 3.8) is 0 Å². The van der Waals surface area contributed by atoms with Crippen molar-refractivity contribution in [3.05, 3.63) is 0 Å². The lowest BCUT2D eigenvalue weighted by atomic mass is 9.79. The molecule has 0 saturated carbocycles. The van der Waals surface area contributed by atoms with Gasteiger partial charge in [-0.25, -0.2) is 0 Å². The van der Waals surface area contributed by atoms with Gasteiger partial charge in [-0.3, -0.25) is 0 Å². The molecule has 0 atom stereocenters. The van der Waals surface area contributed by atoms with Crippen LogP contribution < -0.4 is 5.32 Å². The number of likely N-dealkylation sites (tertiary alicyclic amines) is 1. The first kappa shape index (κ1) is 9.47. The molecule has 2 aliphatic heterocycles. The summed E-state index contributed by atoms with van der Waals surface area (Å²) in [6, 6.07) is 0. The van der Waals surface area contributed by atoms with Crippen LogP contribution in [-0.4, -0.2) is 37.6 Å². The molecule has 13 heavy (non-hydrogen) atoms. The maximum Gasteiger partial charge on any atom is 0.00943 e. The molecule has 0 aromatic heterocycles. The van der Waals surface area contributed by atoms with Gasteiger partial charge in [-0.2, -0.15) is 0 Å². The molecule has 0 radical (unpaired) electrons. The van der Waals surface area contributed by atoms with Gasteiger partial charge in [0.25, 0.3) is 0 Å². The summed E-state index contributed by atoms with van der Waals surface area (Å²) >= 11 is 0. The van der Waals surface area contributed by atoms with Crippen molar-refractivity contribution in [2.75, 3.05) is 32.7 Å². The van der Waals surface area contributed by atoms with E-state index in [2.05, 4.69) is 24.1 Å². The molecule has 2 heteroatoms. The molecule has 2 saturated heterocycles. The van der Waals surface area contributed by atoms with E-state index in [0.29, 0.717) is 5.41 Å². The molecule has 2 heterocycles. The van der Waals surface area contributed by atoms with E-state index in [1.54, 1.807) is 0 Å². The highest BCUT2D eigenvalue weighted by Crippen LogP contribution is 2.35. The summed E-state index contributed by atoms with van der Waals surface area (Å²) in [6.45, 7) is 11.2. The van der Waals surface area contributed by atoms with Crippen LogP contribution in [0.25, 0.3) is 0 Å². The van der Waals surface area contributed by atoms with E-state index in [1.807, 2.05) is 0 Å². The molecule has 2 nitrogen and oxygen atoms in total. The van der Waals surface area contributed by atoms with E-state index in [-0.39, 0.29) is 0 Å². The maximum atomic E-state index is 3.47. The summed E-state index contributed by atoms with van der Waals surface area (Å²) in [5.74, 6) is 0.859. The highest BCUT2D eigenvalue weighted by Gasteiger charge is 2.44. The predicted octanol–water partition coefficient (Wildman–Crippen LogP) is 1.33. The van der Waals surface area contributed by atoms with E-state index < -0.39 is 0 Å². The van der Waals surface area contributed by atoms with Crippen LogP contribution in [-0.2, 0) is 0 Å². The average molecular weight is 182 g/mol. The van der Waals surface area contributed by atoms with Crippen LogP contribution in [0.15, 0.2) is 0 Å². The zero-order valence-electron chi connectivity index (χ0n) is 8.97. The van der Waals surface area contributed by atoms with Crippen LogP contribution >= 0.6 is 0 Å². The molecule has 0 aromatic rings. The van der Waals surface area contributed by atoms with Crippen molar-refractivity contribution >= 4 is 0 Å². The van der Waals surface area contributed by atoms with E-state index in [1.165, 1.54) is 45.6 Å². The summed E-state index contributed by atoms with van der Waals surface area (Å²) in [5.41, 5.74) is 0.691. The third kappa shape index (κ3) is 2.05. The number of nitrogens with one attached hydrogen (secondary N) is 1. The van der Waals surface area contributed by atoms with Crippen LogP contribution in [0.1, 0.15) is 26.7 Å². The SMILES string of the molecule is CC(C)CCN1CC2(CCNC2)C1. The summed E-state index contributed by atoms with van der Waals surface area (Å²) in [6.07, 6.45) is 2.77. The Morgan fingerprint density at radius 1 is 1.38 bits per heavy atom. The van der Waals surface area contributed by atoms with Crippen LogP contribution in [0.4, 0.5) is 0 Å². The fourth-order valence-electron chi connectivity index (χ4n) is 2.57. The molecule has 0 unspecified atom stereocenters. The molecular weight excluding hydrogens is 160 g/mol. The molecule has 0 bridgehead atoms. The quantitative estimate of drug-likeness (QED) is 0.708. The molecule has 0 amide bonds. The highest BCUT2D eigenvalue weighted by atomic mass is 15.2. The predicted molar refractivity (Wildman–Crippen MR) is 55.8 cm³/mol. The Labute approximate surface area is 81.7 Å². The Morgan fingerprint density at radius 3 is 2.69 bits per heavy atom. The highest BCUT2D eigenvalue weighted by molar-refractivity contribution is 4.99. The first-order valence-corrected chi connectivity index (χ1v) is 5.63. The van der Waals surface area contributed by atoms with Crippen molar-refractivity contribution in [3.8, 4) is 0 Å². The Morgan fingerprint density at radius 2 is 2.15 bits per heavy atom. The van der Waals surface area contributed by atoms with E-state index in [4.69, 9.17) is 0 Å². The standard InChI is InChI=1S/C11H22N2/c1-10(2)3-6-13-8-11(9-13)4-5-12-7-11/h10,12H,3-9H2,1-2H3. The van der Waals surface area contributed by atoms with Crippen molar-refractivity contribution in [1.82, 2.24) is 10.2 Å². The van der Waals surface area contributed by atoms with Crippen molar-refractivity contribution < 1.29 is 0 Å². The van der Waals surface area contributed by atoms with Gasteiger partial charge >= 0.3 is 0 Å². The second-order valence-corrected chi connectivity index (χ2v) is 5.32. The molecule has 1 N–H and O–H groups in total. The van der Waals surface area contributed by atoms with Crippen molar-refractivity contribution in [2.45, 2.75) is 26.7 Å². The van der Waals surface area contributed by atoms with Crippen LogP contribution in [0, 0.1) is 11.3 Å². The van der Waals surface area contributed by atoms with Gasteiger partial charge in [-0.05, 0) is 31.8 Å². The lowest BCUT2D eigenvalue weighted by Crippen LogP contribution is -2.57. The fourth-order valence-corrected chi connectivity index (χ4v) is 2.57. The fraction of sp³-hybridized carbons (Fsp3) is 1.00. The topological polar surface area (TPSA) is 15.3 Å². The lowest BCUT2D eigenvalue weighted by molar-refractivity contribution is 0.0140. The lowest BCUT2D eigenvalue weighted by Gasteiger charge is -2.48. The molecule has 0 aromatic carbocycles. The average Bonchev–Trinajstić information content (AvgIpc) is 2.46. The number of rotatable bonds is 3. The van der Waals surface area contributed by atoms with E-state index in [9.17, 15) is 0 Å². The van der Waals surface area contributed by atoms with Crippen LogP contribution in [0.2, 0.25) is 0 Å². The number of hydrogen-bond acceptors (Lipinski definition) is 2. The summed E-state index contributed by atoms with van der Waals surface area (Å²) < 4.78 is 0. The first-order valence-electron chi connectivity index (χ1n) is 5.63. The summed E-state index contributed by atoms with van der Waals surface area (Å²) in [5, 5.41) is 3.47. The van der Waals surface area contributed by atoms with Gasteiger partial charge in [0.1, 0.15) is 0 Å². The second-order valence-electron chi connectivity index (χ2n) is 5.32.